The molecule has 0 saturated heterocycles. The molecule has 0 aromatic heterocycles. The second kappa shape index (κ2) is 7.57. The molecule has 21 heavy (non-hydrogen) atoms. The Hall–Kier alpha value is -2.17. The molecule has 4 nitrogen and oxygen atoms in total. The summed E-state index contributed by atoms with van der Waals surface area (Å²) in [6.07, 6.45) is -0.327. The van der Waals surface area contributed by atoms with E-state index in [1.807, 2.05) is 0 Å². The van der Waals surface area contributed by atoms with Crippen molar-refractivity contribution in [1.29, 1.82) is 0 Å². The van der Waals surface area contributed by atoms with Gasteiger partial charge in [0, 0.05) is 0 Å². The van der Waals surface area contributed by atoms with E-state index < -0.39 is 12.1 Å². The molecule has 3 rings (SSSR count). The fraction of sp³-hybridized carbons (Fsp3) is 0.235. The van der Waals surface area contributed by atoms with E-state index in [2.05, 4.69) is 24.3 Å². The highest BCUT2D eigenvalue weighted by atomic mass is 16.5. The molecular weight excluding hydrogens is 268 g/mol. The minimum absolute atomic E-state index is 0.403. The lowest BCUT2D eigenvalue weighted by Gasteiger charge is -2.14. The molecule has 1 aliphatic rings. The van der Waals surface area contributed by atoms with E-state index in [9.17, 15) is 4.79 Å². The van der Waals surface area contributed by atoms with Crippen LogP contribution < -0.4 is 0 Å². The lowest BCUT2D eigenvalue weighted by molar-refractivity contribution is -0.146. The molecule has 110 valence electrons. The van der Waals surface area contributed by atoms with Gasteiger partial charge in [-0.3, -0.25) is 0 Å². The van der Waals surface area contributed by atoms with Crippen LogP contribution in [-0.2, 0) is 22.6 Å². The molecule has 1 heterocycles. The third kappa shape index (κ3) is 4.41. The van der Waals surface area contributed by atoms with Crippen molar-refractivity contribution in [3.63, 3.8) is 0 Å². The Morgan fingerprint density at radius 2 is 1.62 bits per heavy atom. The molecule has 2 N–H and O–H groups in total. The number of aliphatic carboxylic acids is 1. The van der Waals surface area contributed by atoms with Gasteiger partial charge in [-0.2, -0.15) is 0 Å². The van der Waals surface area contributed by atoms with Crippen LogP contribution in [0.1, 0.15) is 22.8 Å². The molecule has 1 aliphatic heterocycles. The molecular formula is C17H18O4. The number of benzene rings is 2. The van der Waals surface area contributed by atoms with Gasteiger partial charge in [0.05, 0.1) is 13.2 Å². The third-order valence-electron chi connectivity index (χ3n) is 3.24. The van der Waals surface area contributed by atoms with Crippen molar-refractivity contribution in [1.82, 2.24) is 0 Å². The maximum atomic E-state index is 10.2. The van der Waals surface area contributed by atoms with Crippen molar-refractivity contribution in [2.45, 2.75) is 19.1 Å². The third-order valence-corrected chi connectivity index (χ3v) is 3.24. The Morgan fingerprint density at radius 3 is 2.24 bits per heavy atom. The standard InChI is InChI=1S/C9H10O.C8H8O3/c1-2-4-9-7-10-6-5-8(9)3-1;9-7(8(10)11)6-4-2-1-3-5-6/h1-4H,5-7H2;1-5,7,9H,(H,10,11)/t;7-/m.0/s1. The van der Waals surface area contributed by atoms with Gasteiger partial charge in [-0.05, 0) is 23.1 Å². The Morgan fingerprint density at radius 1 is 1.00 bits per heavy atom. The predicted octanol–water partition coefficient (Wildman–Crippen LogP) is 2.56. The minimum Gasteiger partial charge on any atom is -0.479 e. The van der Waals surface area contributed by atoms with E-state index in [4.69, 9.17) is 14.9 Å². The maximum absolute atomic E-state index is 10.2. The molecule has 0 saturated carbocycles. The van der Waals surface area contributed by atoms with E-state index in [1.54, 1.807) is 30.3 Å². The van der Waals surface area contributed by atoms with Crippen LogP contribution in [0.15, 0.2) is 54.6 Å². The zero-order valence-corrected chi connectivity index (χ0v) is 11.6. The number of hydrogen-bond donors (Lipinski definition) is 2. The first kappa shape index (κ1) is 15.2. The van der Waals surface area contributed by atoms with Gasteiger partial charge >= 0.3 is 5.97 Å². The molecule has 2 aromatic rings. The summed E-state index contributed by atoms with van der Waals surface area (Å²) in [4.78, 5) is 10.2. The summed E-state index contributed by atoms with van der Waals surface area (Å²) < 4.78 is 5.30. The number of carboxylic acid groups (broad SMARTS) is 1. The van der Waals surface area contributed by atoms with Gasteiger partial charge in [-0.1, -0.05) is 54.6 Å². The average Bonchev–Trinajstić information content (AvgIpc) is 2.55. The SMILES string of the molecule is O=C(O)[C@@H](O)c1ccccc1.c1ccc2c(c1)CCOC2. The van der Waals surface area contributed by atoms with Crippen molar-refractivity contribution in [3.05, 3.63) is 71.3 Å². The topological polar surface area (TPSA) is 66.8 Å². The van der Waals surface area contributed by atoms with Crippen molar-refractivity contribution in [3.8, 4) is 0 Å². The first-order chi connectivity index (χ1) is 10.2. The number of hydrogen-bond acceptors (Lipinski definition) is 3. The second-order valence-electron chi connectivity index (χ2n) is 4.72. The zero-order valence-electron chi connectivity index (χ0n) is 11.6. The van der Waals surface area contributed by atoms with Gasteiger partial charge in [0.2, 0.25) is 0 Å². The van der Waals surface area contributed by atoms with Crippen LogP contribution >= 0.6 is 0 Å². The molecule has 0 amide bonds. The van der Waals surface area contributed by atoms with Crippen molar-refractivity contribution < 1.29 is 19.7 Å². The van der Waals surface area contributed by atoms with Crippen LogP contribution in [-0.4, -0.2) is 22.8 Å². The van der Waals surface area contributed by atoms with E-state index in [1.165, 1.54) is 11.1 Å². The van der Waals surface area contributed by atoms with Crippen LogP contribution in [0.3, 0.4) is 0 Å². The Balaban J connectivity index is 0.000000154. The molecule has 4 heteroatoms. The average molecular weight is 286 g/mol. The molecule has 0 fully saturated rings. The molecule has 0 radical (unpaired) electrons. The zero-order chi connectivity index (χ0) is 15.1. The fourth-order valence-corrected chi connectivity index (χ4v) is 2.08. The van der Waals surface area contributed by atoms with Crippen LogP contribution in [0.25, 0.3) is 0 Å². The number of carbonyl (C=O) groups is 1. The highest BCUT2D eigenvalue weighted by Gasteiger charge is 2.14. The van der Waals surface area contributed by atoms with Gasteiger partial charge in [0.15, 0.2) is 6.10 Å². The van der Waals surface area contributed by atoms with Gasteiger partial charge in [-0.25, -0.2) is 4.79 Å². The van der Waals surface area contributed by atoms with Gasteiger partial charge in [0.1, 0.15) is 0 Å². The number of ether oxygens (including phenoxy) is 1. The largest absolute Gasteiger partial charge is 0.479 e. The quantitative estimate of drug-likeness (QED) is 0.890. The van der Waals surface area contributed by atoms with Gasteiger partial charge in [0.25, 0.3) is 0 Å². The summed E-state index contributed by atoms with van der Waals surface area (Å²) in [5, 5.41) is 17.4. The molecule has 0 bridgehead atoms. The number of aliphatic hydroxyl groups is 1. The monoisotopic (exact) mass is 286 g/mol. The fourth-order valence-electron chi connectivity index (χ4n) is 2.08. The van der Waals surface area contributed by atoms with Crippen molar-refractivity contribution in [2.24, 2.45) is 0 Å². The first-order valence-electron chi connectivity index (χ1n) is 6.79. The van der Waals surface area contributed by atoms with E-state index in [0.717, 1.165) is 19.6 Å². The van der Waals surface area contributed by atoms with E-state index >= 15 is 0 Å². The smallest absolute Gasteiger partial charge is 0.337 e. The molecule has 0 spiro atoms. The Kier molecular flexibility index (Phi) is 5.49. The van der Waals surface area contributed by atoms with Crippen LogP contribution in [0.2, 0.25) is 0 Å². The molecule has 2 aromatic carbocycles. The first-order valence-corrected chi connectivity index (χ1v) is 6.79. The summed E-state index contributed by atoms with van der Waals surface area (Å²) >= 11 is 0. The van der Waals surface area contributed by atoms with Gasteiger partial charge in [-0.15, -0.1) is 0 Å². The predicted molar refractivity (Wildman–Crippen MR) is 78.8 cm³/mol. The lowest BCUT2D eigenvalue weighted by atomic mass is 10.0. The Labute approximate surface area is 123 Å². The number of rotatable bonds is 2. The lowest BCUT2D eigenvalue weighted by Crippen LogP contribution is -2.09. The molecule has 0 unspecified atom stereocenters. The van der Waals surface area contributed by atoms with E-state index in [0.29, 0.717) is 5.56 Å². The highest BCUT2D eigenvalue weighted by molar-refractivity contribution is 5.73. The number of aliphatic hydroxyl groups excluding tert-OH is 1. The summed E-state index contributed by atoms with van der Waals surface area (Å²) in [6, 6.07) is 16.7. The summed E-state index contributed by atoms with van der Waals surface area (Å²) in [5.74, 6) is -1.23. The maximum Gasteiger partial charge on any atom is 0.337 e. The summed E-state index contributed by atoms with van der Waals surface area (Å²) in [5.41, 5.74) is 3.21. The molecule has 0 aliphatic carbocycles. The minimum atomic E-state index is -1.41. The normalized spacial score (nSPS) is 14.3. The van der Waals surface area contributed by atoms with Gasteiger partial charge < -0.3 is 14.9 Å². The van der Waals surface area contributed by atoms with Crippen molar-refractivity contribution >= 4 is 5.97 Å². The van der Waals surface area contributed by atoms with Crippen LogP contribution in [0.4, 0.5) is 0 Å². The highest BCUT2D eigenvalue weighted by Crippen LogP contribution is 2.15. The number of fused-ring (bicyclic) bond motifs is 1. The molecule has 1 atom stereocenters. The summed E-state index contributed by atoms with van der Waals surface area (Å²) in [7, 11) is 0. The van der Waals surface area contributed by atoms with Crippen molar-refractivity contribution in [2.75, 3.05) is 6.61 Å². The number of carboxylic acids is 1. The summed E-state index contributed by atoms with van der Waals surface area (Å²) in [6.45, 7) is 1.69. The van der Waals surface area contributed by atoms with Crippen LogP contribution in [0, 0.1) is 0 Å². The van der Waals surface area contributed by atoms with E-state index in [-0.39, 0.29) is 0 Å². The Bertz CT molecular complexity index is 555. The second-order valence-corrected chi connectivity index (χ2v) is 4.72. The van der Waals surface area contributed by atoms with Crippen LogP contribution in [0.5, 0.6) is 0 Å².